The van der Waals surface area contributed by atoms with Crippen molar-refractivity contribution in [3.05, 3.63) is 47.3 Å². The van der Waals surface area contributed by atoms with Crippen molar-refractivity contribution in [2.24, 2.45) is 12.8 Å². The number of ether oxygens (including phenoxy) is 1. The van der Waals surface area contributed by atoms with Gasteiger partial charge in [0.15, 0.2) is 0 Å². The Kier molecular flexibility index (Phi) is 4.22. The molecule has 0 aliphatic heterocycles. The minimum absolute atomic E-state index is 0.0227. The quantitative estimate of drug-likeness (QED) is 0.897. The summed E-state index contributed by atoms with van der Waals surface area (Å²) in [5.74, 6) is 0.873. The van der Waals surface area contributed by atoms with Crippen LogP contribution in [0.3, 0.4) is 0 Å². The summed E-state index contributed by atoms with van der Waals surface area (Å²) in [7, 11) is 3.64. The zero-order chi connectivity index (χ0) is 13.8. The predicted octanol–water partition coefficient (Wildman–Crippen LogP) is 2.37. The second-order valence-electron chi connectivity index (χ2n) is 4.84. The molecule has 0 spiro atoms. The zero-order valence-electron chi connectivity index (χ0n) is 11.8. The molecule has 4 heteroatoms. The van der Waals surface area contributed by atoms with Crippen LogP contribution in [-0.4, -0.2) is 16.9 Å². The smallest absolute Gasteiger partial charge is 0.123 e. The summed E-state index contributed by atoms with van der Waals surface area (Å²) in [5.41, 5.74) is 9.72. The van der Waals surface area contributed by atoms with E-state index in [0.29, 0.717) is 0 Å². The van der Waals surface area contributed by atoms with Crippen LogP contribution in [0.4, 0.5) is 0 Å². The van der Waals surface area contributed by atoms with Crippen molar-refractivity contribution >= 4 is 0 Å². The van der Waals surface area contributed by atoms with Gasteiger partial charge in [0.25, 0.3) is 0 Å². The third-order valence-electron chi connectivity index (χ3n) is 3.42. The average molecular weight is 259 g/mol. The Morgan fingerprint density at radius 2 is 2.16 bits per heavy atom. The summed E-state index contributed by atoms with van der Waals surface area (Å²) < 4.78 is 7.30. The number of nitrogens with zero attached hydrogens (tertiary/aromatic N) is 2. The lowest BCUT2D eigenvalue weighted by Crippen LogP contribution is -2.13. The van der Waals surface area contributed by atoms with Gasteiger partial charge >= 0.3 is 0 Å². The SMILES string of the molecule is COc1cc(C)ccc1C(N)CCc1ccnn1C. The third-order valence-corrected chi connectivity index (χ3v) is 3.42. The van der Waals surface area contributed by atoms with Gasteiger partial charge in [-0.1, -0.05) is 12.1 Å². The highest BCUT2D eigenvalue weighted by Gasteiger charge is 2.12. The number of hydrogen-bond acceptors (Lipinski definition) is 3. The number of nitrogens with two attached hydrogens (primary N) is 1. The van der Waals surface area contributed by atoms with E-state index < -0.39 is 0 Å². The van der Waals surface area contributed by atoms with Gasteiger partial charge in [-0.25, -0.2) is 0 Å². The van der Waals surface area contributed by atoms with Crippen LogP contribution in [-0.2, 0) is 13.5 Å². The largest absolute Gasteiger partial charge is 0.496 e. The maximum Gasteiger partial charge on any atom is 0.123 e. The first-order valence-corrected chi connectivity index (χ1v) is 6.49. The van der Waals surface area contributed by atoms with Gasteiger partial charge in [0, 0.05) is 30.5 Å². The Morgan fingerprint density at radius 1 is 1.37 bits per heavy atom. The first-order valence-electron chi connectivity index (χ1n) is 6.49. The second kappa shape index (κ2) is 5.89. The van der Waals surface area contributed by atoms with Crippen LogP contribution in [0.5, 0.6) is 5.75 Å². The standard InChI is InChI=1S/C15H21N3O/c1-11-4-6-13(15(10-11)19-3)14(16)7-5-12-8-9-17-18(12)2/h4,6,8-10,14H,5,7,16H2,1-3H3. The van der Waals surface area contributed by atoms with Crippen molar-refractivity contribution in [1.29, 1.82) is 0 Å². The second-order valence-corrected chi connectivity index (χ2v) is 4.84. The van der Waals surface area contributed by atoms with Gasteiger partial charge in [0.1, 0.15) is 5.75 Å². The Balaban J connectivity index is 2.07. The van der Waals surface area contributed by atoms with E-state index >= 15 is 0 Å². The van der Waals surface area contributed by atoms with Crippen molar-refractivity contribution in [3.63, 3.8) is 0 Å². The third kappa shape index (κ3) is 3.15. The van der Waals surface area contributed by atoms with Gasteiger partial charge < -0.3 is 10.5 Å². The van der Waals surface area contributed by atoms with Crippen LogP contribution in [0, 0.1) is 6.92 Å². The lowest BCUT2D eigenvalue weighted by Gasteiger charge is -2.16. The average Bonchev–Trinajstić information content (AvgIpc) is 2.81. The normalized spacial score (nSPS) is 12.4. The van der Waals surface area contributed by atoms with E-state index in [1.54, 1.807) is 7.11 Å². The number of benzene rings is 1. The number of aromatic nitrogens is 2. The Hall–Kier alpha value is -1.81. The number of hydrogen-bond donors (Lipinski definition) is 1. The fourth-order valence-electron chi connectivity index (χ4n) is 2.23. The van der Waals surface area contributed by atoms with Gasteiger partial charge in [-0.3, -0.25) is 4.68 Å². The molecule has 2 rings (SSSR count). The summed E-state index contributed by atoms with van der Waals surface area (Å²) >= 11 is 0. The molecule has 0 aliphatic rings. The summed E-state index contributed by atoms with van der Waals surface area (Å²) in [6.45, 7) is 2.05. The van der Waals surface area contributed by atoms with E-state index in [-0.39, 0.29) is 6.04 Å². The minimum atomic E-state index is -0.0227. The molecule has 1 heterocycles. The lowest BCUT2D eigenvalue weighted by atomic mass is 9.99. The highest BCUT2D eigenvalue weighted by Crippen LogP contribution is 2.27. The van der Waals surface area contributed by atoms with Crippen molar-refractivity contribution < 1.29 is 4.74 Å². The first-order chi connectivity index (χ1) is 9.11. The highest BCUT2D eigenvalue weighted by molar-refractivity contribution is 5.39. The lowest BCUT2D eigenvalue weighted by molar-refractivity contribution is 0.403. The molecule has 1 aromatic carbocycles. The Morgan fingerprint density at radius 3 is 2.79 bits per heavy atom. The highest BCUT2D eigenvalue weighted by atomic mass is 16.5. The van der Waals surface area contributed by atoms with Crippen molar-refractivity contribution in [2.75, 3.05) is 7.11 Å². The Bertz CT molecular complexity index is 548. The molecule has 2 N–H and O–H groups in total. The van der Waals surface area contributed by atoms with Crippen molar-refractivity contribution in [2.45, 2.75) is 25.8 Å². The maximum atomic E-state index is 6.28. The molecule has 0 fully saturated rings. The van der Waals surface area contributed by atoms with E-state index in [0.717, 1.165) is 24.2 Å². The minimum Gasteiger partial charge on any atom is -0.496 e. The molecule has 1 atom stereocenters. The molecule has 0 aliphatic carbocycles. The van der Waals surface area contributed by atoms with E-state index in [1.807, 2.05) is 37.0 Å². The van der Waals surface area contributed by atoms with Crippen LogP contribution in [0.15, 0.2) is 30.5 Å². The number of rotatable bonds is 5. The molecule has 0 radical (unpaired) electrons. The molecular formula is C15H21N3O. The fraction of sp³-hybridized carbons (Fsp3) is 0.400. The molecular weight excluding hydrogens is 238 g/mol. The summed E-state index contributed by atoms with van der Waals surface area (Å²) in [6, 6.07) is 8.16. The summed E-state index contributed by atoms with van der Waals surface area (Å²) in [4.78, 5) is 0. The van der Waals surface area contributed by atoms with Crippen LogP contribution < -0.4 is 10.5 Å². The van der Waals surface area contributed by atoms with Gasteiger partial charge in [-0.15, -0.1) is 0 Å². The van der Waals surface area contributed by atoms with E-state index in [1.165, 1.54) is 11.3 Å². The number of aryl methyl sites for hydroxylation is 3. The molecule has 0 amide bonds. The van der Waals surface area contributed by atoms with Crippen molar-refractivity contribution in [1.82, 2.24) is 9.78 Å². The molecule has 0 saturated carbocycles. The van der Waals surface area contributed by atoms with Gasteiger partial charge in [-0.05, 0) is 37.5 Å². The van der Waals surface area contributed by atoms with E-state index in [2.05, 4.69) is 17.2 Å². The first kappa shape index (κ1) is 13.6. The maximum absolute atomic E-state index is 6.28. The van der Waals surface area contributed by atoms with Crippen LogP contribution in [0.1, 0.15) is 29.3 Å². The van der Waals surface area contributed by atoms with Gasteiger partial charge in [0.05, 0.1) is 7.11 Å². The summed E-state index contributed by atoms with van der Waals surface area (Å²) in [6.07, 6.45) is 3.60. The van der Waals surface area contributed by atoms with Crippen molar-refractivity contribution in [3.8, 4) is 5.75 Å². The molecule has 4 nitrogen and oxygen atoms in total. The van der Waals surface area contributed by atoms with Gasteiger partial charge in [0.2, 0.25) is 0 Å². The summed E-state index contributed by atoms with van der Waals surface area (Å²) in [5, 5.41) is 4.16. The predicted molar refractivity (Wildman–Crippen MR) is 76.2 cm³/mol. The zero-order valence-corrected chi connectivity index (χ0v) is 11.8. The van der Waals surface area contributed by atoms with E-state index in [9.17, 15) is 0 Å². The number of methoxy groups -OCH3 is 1. The van der Waals surface area contributed by atoms with E-state index in [4.69, 9.17) is 10.5 Å². The monoisotopic (exact) mass is 259 g/mol. The molecule has 1 aromatic heterocycles. The molecule has 1 unspecified atom stereocenters. The fourth-order valence-corrected chi connectivity index (χ4v) is 2.23. The topological polar surface area (TPSA) is 53.1 Å². The van der Waals surface area contributed by atoms with Crippen LogP contribution in [0.2, 0.25) is 0 Å². The molecule has 0 bridgehead atoms. The molecule has 2 aromatic rings. The molecule has 102 valence electrons. The van der Waals surface area contributed by atoms with Crippen LogP contribution >= 0.6 is 0 Å². The van der Waals surface area contributed by atoms with Gasteiger partial charge in [-0.2, -0.15) is 5.10 Å². The Labute approximate surface area is 114 Å². The molecule has 19 heavy (non-hydrogen) atoms. The van der Waals surface area contributed by atoms with Crippen LogP contribution in [0.25, 0.3) is 0 Å². The molecule has 0 saturated heterocycles.